The Labute approximate surface area is 163 Å². The SMILES string of the molecule is COc1cc(CNC(=O)NC(Cc2ccccc2)C(=O)O)cc(OC)c1OC. The van der Waals surface area contributed by atoms with Crippen LogP contribution < -0.4 is 24.8 Å². The zero-order valence-corrected chi connectivity index (χ0v) is 16.0. The van der Waals surface area contributed by atoms with Crippen LogP contribution in [-0.4, -0.2) is 44.5 Å². The number of carbonyl (C=O) groups is 2. The van der Waals surface area contributed by atoms with Crippen LogP contribution in [0.2, 0.25) is 0 Å². The molecule has 1 atom stereocenters. The van der Waals surface area contributed by atoms with Crippen molar-refractivity contribution < 1.29 is 28.9 Å². The Morgan fingerprint density at radius 1 is 0.964 bits per heavy atom. The van der Waals surface area contributed by atoms with Gasteiger partial charge in [0.05, 0.1) is 21.3 Å². The van der Waals surface area contributed by atoms with Crippen molar-refractivity contribution in [2.24, 2.45) is 0 Å². The molecule has 0 saturated carbocycles. The van der Waals surface area contributed by atoms with E-state index in [1.807, 2.05) is 30.3 Å². The number of carboxylic acids is 1. The van der Waals surface area contributed by atoms with E-state index in [1.54, 1.807) is 12.1 Å². The highest BCUT2D eigenvalue weighted by Crippen LogP contribution is 2.38. The number of carboxylic acid groups (broad SMARTS) is 1. The van der Waals surface area contributed by atoms with E-state index < -0.39 is 18.0 Å². The quantitative estimate of drug-likeness (QED) is 0.608. The molecule has 8 nitrogen and oxygen atoms in total. The average Bonchev–Trinajstić information content (AvgIpc) is 2.71. The Hall–Kier alpha value is -3.42. The van der Waals surface area contributed by atoms with Gasteiger partial charge in [0.2, 0.25) is 5.75 Å². The van der Waals surface area contributed by atoms with E-state index in [1.165, 1.54) is 21.3 Å². The molecule has 2 rings (SSSR count). The van der Waals surface area contributed by atoms with Crippen molar-refractivity contribution in [1.82, 2.24) is 10.6 Å². The molecule has 0 aliphatic heterocycles. The van der Waals surface area contributed by atoms with Crippen LogP contribution in [0.3, 0.4) is 0 Å². The lowest BCUT2D eigenvalue weighted by Crippen LogP contribution is -2.46. The van der Waals surface area contributed by atoms with Gasteiger partial charge in [0.15, 0.2) is 11.5 Å². The molecule has 3 N–H and O–H groups in total. The van der Waals surface area contributed by atoms with E-state index >= 15 is 0 Å². The second-order valence-electron chi connectivity index (χ2n) is 5.94. The summed E-state index contributed by atoms with van der Waals surface area (Å²) >= 11 is 0. The number of ether oxygens (including phenoxy) is 3. The van der Waals surface area contributed by atoms with E-state index in [-0.39, 0.29) is 13.0 Å². The highest BCUT2D eigenvalue weighted by molar-refractivity contribution is 5.82. The zero-order valence-electron chi connectivity index (χ0n) is 16.0. The first kappa shape index (κ1) is 20.9. The van der Waals surface area contributed by atoms with Crippen molar-refractivity contribution in [2.75, 3.05) is 21.3 Å². The lowest BCUT2D eigenvalue weighted by atomic mass is 10.1. The largest absolute Gasteiger partial charge is 0.493 e. The number of rotatable bonds is 9. The number of amides is 2. The fourth-order valence-electron chi connectivity index (χ4n) is 2.68. The summed E-state index contributed by atoms with van der Waals surface area (Å²) in [5, 5.41) is 14.5. The number of carbonyl (C=O) groups excluding carboxylic acids is 1. The predicted molar refractivity (Wildman–Crippen MR) is 103 cm³/mol. The van der Waals surface area contributed by atoms with Crippen molar-refractivity contribution in [3.63, 3.8) is 0 Å². The van der Waals surface area contributed by atoms with Crippen LogP contribution in [0.25, 0.3) is 0 Å². The number of nitrogens with one attached hydrogen (secondary N) is 2. The third-order valence-corrected chi connectivity index (χ3v) is 4.06. The van der Waals surface area contributed by atoms with E-state index in [9.17, 15) is 14.7 Å². The predicted octanol–water partition coefficient (Wildman–Crippen LogP) is 2.21. The molecule has 0 fully saturated rings. The standard InChI is InChI=1S/C20H24N2O6/c1-26-16-10-14(11-17(27-2)18(16)28-3)12-21-20(25)22-15(19(23)24)9-13-7-5-4-6-8-13/h4-8,10-11,15H,9,12H2,1-3H3,(H,23,24)(H2,21,22,25). The van der Waals surface area contributed by atoms with Gasteiger partial charge in [0, 0.05) is 13.0 Å². The second-order valence-corrected chi connectivity index (χ2v) is 5.94. The molecule has 0 heterocycles. The molecule has 0 aliphatic rings. The first-order valence-electron chi connectivity index (χ1n) is 8.58. The maximum absolute atomic E-state index is 12.2. The minimum absolute atomic E-state index is 0.153. The molecule has 2 aromatic rings. The molecule has 28 heavy (non-hydrogen) atoms. The summed E-state index contributed by atoms with van der Waals surface area (Å²) in [5.41, 5.74) is 1.53. The van der Waals surface area contributed by atoms with Crippen molar-refractivity contribution >= 4 is 12.0 Å². The van der Waals surface area contributed by atoms with Gasteiger partial charge in [0.1, 0.15) is 6.04 Å². The van der Waals surface area contributed by atoms with Crippen molar-refractivity contribution in [3.05, 3.63) is 53.6 Å². The lowest BCUT2D eigenvalue weighted by molar-refractivity contribution is -0.139. The van der Waals surface area contributed by atoms with Gasteiger partial charge in [-0.15, -0.1) is 0 Å². The van der Waals surface area contributed by atoms with Gasteiger partial charge >= 0.3 is 12.0 Å². The summed E-state index contributed by atoms with van der Waals surface area (Å²) in [7, 11) is 4.51. The van der Waals surface area contributed by atoms with Gasteiger partial charge < -0.3 is 30.0 Å². The molecular formula is C20H24N2O6. The van der Waals surface area contributed by atoms with Crippen molar-refractivity contribution in [2.45, 2.75) is 19.0 Å². The number of benzene rings is 2. The molecule has 0 aromatic heterocycles. The van der Waals surface area contributed by atoms with Gasteiger partial charge in [-0.3, -0.25) is 0 Å². The number of hydrogen-bond donors (Lipinski definition) is 3. The molecule has 2 amide bonds. The molecule has 0 saturated heterocycles. The summed E-state index contributed by atoms with van der Waals surface area (Å²) < 4.78 is 15.8. The van der Waals surface area contributed by atoms with Gasteiger partial charge in [-0.2, -0.15) is 0 Å². The topological polar surface area (TPSA) is 106 Å². The Balaban J connectivity index is 2.01. The molecule has 0 bridgehead atoms. The normalized spacial score (nSPS) is 11.2. The van der Waals surface area contributed by atoms with Crippen LogP contribution in [0.4, 0.5) is 4.79 Å². The number of aliphatic carboxylic acids is 1. The summed E-state index contributed by atoms with van der Waals surface area (Å²) in [6.07, 6.45) is 0.188. The van der Waals surface area contributed by atoms with E-state index in [2.05, 4.69) is 10.6 Å². The molecule has 0 radical (unpaired) electrons. The summed E-state index contributed by atoms with van der Waals surface area (Å²) in [5.74, 6) is 0.275. The molecule has 150 valence electrons. The molecule has 0 spiro atoms. The van der Waals surface area contributed by atoms with Gasteiger partial charge in [-0.05, 0) is 23.3 Å². The molecule has 0 aliphatic carbocycles. The van der Waals surface area contributed by atoms with Crippen LogP contribution in [0, 0.1) is 0 Å². The van der Waals surface area contributed by atoms with Crippen LogP contribution in [0.5, 0.6) is 17.2 Å². The summed E-state index contributed by atoms with van der Waals surface area (Å²) in [4.78, 5) is 23.6. The van der Waals surface area contributed by atoms with E-state index in [0.29, 0.717) is 22.8 Å². The van der Waals surface area contributed by atoms with Crippen molar-refractivity contribution in [1.29, 1.82) is 0 Å². The van der Waals surface area contributed by atoms with Crippen LogP contribution >= 0.6 is 0 Å². The third-order valence-electron chi connectivity index (χ3n) is 4.06. The first-order valence-corrected chi connectivity index (χ1v) is 8.58. The van der Waals surface area contributed by atoms with Gasteiger partial charge in [-0.25, -0.2) is 9.59 Å². The monoisotopic (exact) mass is 388 g/mol. The average molecular weight is 388 g/mol. The number of urea groups is 1. The fourth-order valence-corrected chi connectivity index (χ4v) is 2.68. The van der Waals surface area contributed by atoms with Crippen LogP contribution in [0.1, 0.15) is 11.1 Å². The van der Waals surface area contributed by atoms with Crippen LogP contribution in [-0.2, 0) is 17.8 Å². The maximum Gasteiger partial charge on any atom is 0.326 e. The summed E-state index contributed by atoms with van der Waals surface area (Å²) in [6.45, 7) is 0.153. The number of hydrogen-bond acceptors (Lipinski definition) is 5. The van der Waals surface area contributed by atoms with Crippen molar-refractivity contribution in [3.8, 4) is 17.2 Å². The van der Waals surface area contributed by atoms with Gasteiger partial charge in [0.25, 0.3) is 0 Å². The Morgan fingerprint density at radius 2 is 1.57 bits per heavy atom. The smallest absolute Gasteiger partial charge is 0.326 e. The highest BCUT2D eigenvalue weighted by Gasteiger charge is 2.20. The minimum Gasteiger partial charge on any atom is -0.493 e. The van der Waals surface area contributed by atoms with Crippen LogP contribution in [0.15, 0.2) is 42.5 Å². The highest BCUT2D eigenvalue weighted by atomic mass is 16.5. The number of methoxy groups -OCH3 is 3. The maximum atomic E-state index is 12.2. The zero-order chi connectivity index (χ0) is 20.5. The summed E-state index contributed by atoms with van der Waals surface area (Å²) in [6, 6.07) is 10.9. The van der Waals surface area contributed by atoms with Gasteiger partial charge in [-0.1, -0.05) is 30.3 Å². The molecular weight excluding hydrogens is 364 g/mol. The molecule has 8 heteroatoms. The Bertz CT molecular complexity index is 785. The molecule has 1 unspecified atom stereocenters. The lowest BCUT2D eigenvalue weighted by Gasteiger charge is -2.17. The fraction of sp³-hybridized carbons (Fsp3) is 0.300. The third kappa shape index (κ3) is 5.54. The minimum atomic E-state index is -1.10. The Morgan fingerprint density at radius 3 is 2.07 bits per heavy atom. The Kier molecular flexibility index (Phi) is 7.50. The van der Waals surface area contributed by atoms with E-state index in [0.717, 1.165) is 5.56 Å². The molecule has 2 aromatic carbocycles. The first-order chi connectivity index (χ1) is 13.5. The van der Waals surface area contributed by atoms with E-state index in [4.69, 9.17) is 14.2 Å². The second kappa shape index (κ2) is 10.1.